The molecule has 1 aromatic rings. The topological polar surface area (TPSA) is 104 Å². The normalized spacial score (nSPS) is 21.7. The van der Waals surface area contributed by atoms with Gasteiger partial charge in [0.05, 0.1) is 0 Å². The van der Waals surface area contributed by atoms with Crippen LogP contribution in [0.1, 0.15) is 54.4 Å². The molecule has 0 radical (unpaired) electrons. The summed E-state index contributed by atoms with van der Waals surface area (Å²) >= 11 is 0. The van der Waals surface area contributed by atoms with Gasteiger partial charge in [0, 0.05) is 12.1 Å². The van der Waals surface area contributed by atoms with Crippen molar-refractivity contribution in [3.05, 3.63) is 28.3 Å². The Hall–Kier alpha value is -2.09. The highest BCUT2D eigenvalue weighted by Crippen LogP contribution is 2.38. The molecule has 1 atom stereocenters. The highest BCUT2D eigenvalue weighted by Gasteiger charge is 2.32. The number of carbonyl (C=O) groups excluding carboxylic acids is 2. The Morgan fingerprint density at radius 2 is 1.65 bits per heavy atom. The molecule has 1 heterocycles. The molecule has 1 saturated heterocycles. The SMILES string of the molecule is O=C1CCCC(S(=O)(=O)NC(=O)Nc2c3c(cc4c2CCC4)CCC3)N1. The number of urea groups is 1. The average Bonchev–Trinajstić information content (AvgIpc) is 3.23. The number of carbonyl (C=O) groups is 2. The van der Waals surface area contributed by atoms with E-state index in [2.05, 4.69) is 21.4 Å². The lowest BCUT2D eigenvalue weighted by Gasteiger charge is -2.23. The molecule has 140 valence electrons. The molecule has 1 aliphatic heterocycles. The van der Waals surface area contributed by atoms with Crippen LogP contribution in [0.25, 0.3) is 0 Å². The molecule has 1 aromatic carbocycles. The van der Waals surface area contributed by atoms with Crippen LogP contribution in [0.5, 0.6) is 0 Å². The Labute approximate surface area is 153 Å². The van der Waals surface area contributed by atoms with Gasteiger partial charge in [-0.15, -0.1) is 0 Å². The number of hydrogen-bond acceptors (Lipinski definition) is 4. The summed E-state index contributed by atoms with van der Waals surface area (Å²) in [5.74, 6) is -0.300. The maximum Gasteiger partial charge on any atom is 0.332 e. The lowest BCUT2D eigenvalue weighted by atomic mass is 9.99. The summed E-state index contributed by atoms with van der Waals surface area (Å²) in [5.41, 5.74) is 5.62. The second-order valence-corrected chi connectivity index (χ2v) is 9.15. The van der Waals surface area contributed by atoms with Crippen LogP contribution in [0.3, 0.4) is 0 Å². The lowest BCUT2D eigenvalue weighted by molar-refractivity contribution is -0.122. The summed E-state index contributed by atoms with van der Waals surface area (Å²) in [6.07, 6.45) is 7.07. The van der Waals surface area contributed by atoms with Crippen LogP contribution in [0.4, 0.5) is 10.5 Å². The summed E-state index contributed by atoms with van der Waals surface area (Å²) in [4.78, 5) is 23.9. The van der Waals surface area contributed by atoms with Crippen molar-refractivity contribution in [3.8, 4) is 0 Å². The maximum atomic E-state index is 12.4. The molecule has 7 nitrogen and oxygen atoms in total. The number of amides is 3. The van der Waals surface area contributed by atoms with Gasteiger partial charge in [0.25, 0.3) is 10.0 Å². The fraction of sp³-hybridized carbons (Fsp3) is 0.556. The van der Waals surface area contributed by atoms with Gasteiger partial charge in [0.2, 0.25) is 5.91 Å². The van der Waals surface area contributed by atoms with E-state index in [9.17, 15) is 18.0 Å². The molecule has 0 spiro atoms. The van der Waals surface area contributed by atoms with Crippen molar-refractivity contribution in [1.29, 1.82) is 0 Å². The molecule has 3 amide bonds. The highest BCUT2D eigenvalue weighted by atomic mass is 32.2. The van der Waals surface area contributed by atoms with Crippen LogP contribution in [0, 0.1) is 0 Å². The molecular weight excluding hydrogens is 354 g/mol. The number of hydrogen-bond donors (Lipinski definition) is 3. The van der Waals surface area contributed by atoms with Gasteiger partial charge >= 0.3 is 6.03 Å². The molecule has 0 bridgehead atoms. The summed E-state index contributed by atoms with van der Waals surface area (Å²) in [5, 5.41) is 4.19. The first-order valence-electron chi connectivity index (χ1n) is 9.22. The first-order valence-corrected chi connectivity index (χ1v) is 10.8. The van der Waals surface area contributed by atoms with Gasteiger partial charge in [-0.1, -0.05) is 6.07 Å². The molecule has 1 fully saturated rings. The molecule has 0 saturated carbocycles. The van der Waals surface area contributed by atoms with Crippen LogP contribution in [0.2, 0.25) is 0 Å². The van der Waals surface area contributed by atoms with Crippen molar-refractivity contribution in [2.75, 3.05) is 5.32 Å². The number of anilines is 1. The second-order valence-electron chi connectivity index (χ2n) is 7.28. The quantitative estimate of drug-likeness (QED) is 0.746. The van der Waals surface area contributed by atoms with E-state index in [1.165, 1.54) is 11.1 Å². The van der Waals surface area contributed by atoms with E-state index in [1.54, 1.807) is 0 Å². The van der Waals surface area contributed by atoms with E-state index in [0.717, 1.165) is 55.3 Å². The van der Waals surface area contributed by atoms with Crippen molar-refractivity contribution >= 4 is 27.6 Å². The summed E-state index contributed by atoms with van der Waals surface area (Å²) < 4.78 is 26.9. The molecule has 26 heavy (non-hydrogen) atoms. The molecule has 8 heteroatoms. The minimum absolute atomic E-state index is 0.300. The third-order valence-corrected chi connectivity index (χ3v) is 7.09. The monoisotopic (exact) mass is 377 g/mol. The van der Waals surface area contributed by atoms with E-state index in [4.69, 9.17) is 0 Å². The standard InChI is InChI=1S/C18H23N3O4S/c22-15-8-3-9-16(19-15)26(24,25)21-18(23)20-17-13-6-1-4-11(13)10-12-5-2-7-14(12)17/h10,16H,1-9H2,(H,19,22)(H2,20,21,23). The zero-order valence-corrected chi connectivity index (χ0v) is 15.4. The van der Waals surface area contributed by atoms with E-state index in [-0.39, 0.29) is 5.91 Å². The number of rotatable bonds is 3. The fourth-order valence-corrected chi connectivity index (χ4v) is 5.53. The van der Waals surface area contributed by atoms with E-state index in [0.29, 0.717) is 19.3 Å². The van der Waals surface area contributed by atoms with Gasteiger partial charge < -0.3 is 10.6 Å². The maximum absolute atomic E-state index is 12.4. The third-order valence-electron chi connectivity index (χ3n) is 5.51. The average molecular weight is 377 g/mol. The first kappa shape index (κ1) is 17.3. The molecule has 4 rings (SSSR count). The molecule has 3 aliphatic rings. The Kier molecular flexibility index (Phi) is 4.38. The summed E-state index contributed by atoms with van der Waals surface area (Å²) in [6.45, 7) is 0. The van der Waals surface area contributed by atoms with Gasteiger partial charge in [-0.25, -0.2) is 17.9 Å². The predicted molar refractivity (Wildman–Crippen MR) is 97.3 cm³/mol. The van der Waals surface area contributed by atoms with Crippen molar-refractivity contribution in [3.63, 3.8) is 0 Å². The Morgan fingerprint density at radius 3 is 2.27 bits per heavy atom. The van der Waals surface area contributed by atoms with Crippen LogP contribution in [-0.2, 0) is 40.5 Å². The largest absolute Gasteiger partial charge is 0.338 e. The van der Waals surface area contributed by atoms with Crippen LogP contribution in [-0.4, -0.2) is 25.7 Å². The van der Waals surface area contributed by atoms with Gasteiger partial charge in [0.15, 0.2) is 5.37 Å². The van der Waals surface area contributed by atoms with Gasteiger partial charge in [-0.2, -0.15) is 0 Å². The van der Waals surface area contributed by atoms with Gasteiger partial charge in [-0.3, -0.25) is 4.79 Å². The Balaban J connectivity index is 1.53. The smallest absolute Gasteiger partial charge is 0.332 e. The molecule has 0 aromatic heterocycles. The van der Waals surface area contributed by atoms with Gasteiger partial charge in [0.1, 0.15) is 0 Å². The molecule has 3 N–H and O–H groups in total. The van der Waals surface area contributed by atoms with Crippen molar-refractivity contribution < 1.29 is 18.0 Å². The minimum atomic E-state index is -3.96. The minimum Gasteiger partial charge on any atom is -0.338 e. The second kappa shape index (κ2) is 6.57. The van der Waals surface area contributed by atoms with Crippen LogP contribution < -0.4 is 15.4 Å². The van der Waals surface area contributed by atoms with Crippen LogP contribution in [0.15, 0.2) is 6.07 Å². The zero-order valence-electron chi connectivity index (χ0n) is 14.6. The van der Waals surface area contributed by atoms with Crippen molar-refractivity contribution in [2.45, 2.75) is 63.2 Å². The fourth-order valence-electron chi connectivity index (χ4n) is 4.31. The zero-order chi connectivity index (χ0) is 18.3. The number of benzene rings is 1. The van der Waals surface area contributed by atoms with E-state index < -0.39 is 21.4 Å². The predicted octanol–water partition coefficient (Wildman–Crippen LogP) is 1.74. The third kappa shape index (κ3) is 3.18. The van der Waals surface area contributed by atoms with Crippen molar-refractivity contribution in [2.24, 2.45) is 0 Å². The molecule has 1 unspecified atom stereocenters. The molecule has 2 aliphatic carbocycles. The number of sulfonamides is 1. The number of fused-ring (bicyclic) bond motifs is 2. The first-order chi connectivity index (χ1) is 12.4. The summed E-state index contributed by atoms with van der Waals surface area (Å²) in [7, 11) is -3.96. The Bertz CT molecular complexity index is 847. The van der Waals surface area contributed by atoms with E-state index in [1.807, 2.05) is 0 Å². The number of nitrogens with one attached hydrogen (secondary N) is 3. The van der Waals surface area contributed by atoms with E-state index >= 15 is 0 Å². The van der Waals surface area contributed by atoms with Crippen molar-refractivity contribution in [1.82, 2.24) is 10.0 Å². The van der Waals surface area contributed by atoms with Gasteiger partial charge in [-0.05, 0) is 73.6 Å². The number of aryl methyl sites for hydroxylation is 2. The highest BCUT2D eigenvalue weighted by molar-refractivity contribution is 7.90. The Morgan fingerprint density at radius 1 is 1.00 bits per heavy atom. The molecular formula is C18H23N3O4S. The number of piperidine rings is 1. The summed E-state index contributed by atoms with van der Waals surface area (Å²) in [6, 6.07) is 1.50. The van der Waals surface area contributed by atoms with Crippen LogP contribution >= 0.6 is 0 Å². The lowest BCUT2D eigenvalue weighted by Crippen LogP contribution is -2.50.